The Labute approximate surface area is 81.3 Å². The molecule has 1 fully saturated rings. The molecule has 1 aliphatic rings. The van der Waals surface area contributed by atoms with Gasteiger partial charge in [-0.25, -0.2) is 0 Å². The number of para-hydroxylation sites is 1. The van der Waals surface area contributed by atoms with Crippen molar-refractivity contribution in [1.29, 1.82) is 0 Å². The van der Waals surface area contributed by atoms with Crippen LogP contribution in [0.25, 0.3) is 0 Å². The first-order valence-corrected chi connectivity index (χ1v) is 4.86. The van der Waals surface area contributed by atoms with Gasteiger partial charge in [0, 0.05) is 0 Å². The van der Waals surface area contributed by atoms with Crippen molar-refractivity contribution in [2.75, 3.05) is 6.61 Å². The lowest BCUT2D eigenvalue weighted by molar-refractivity contribution is 0.262. The molecule has 2 unspecified atom stereocenters. The summed E-state index contributed by atoms with van der Waals surface area (Å²) in [5.41, 5.74) is 0. The van der Waals surface area contributed by atoms with Crippen LogP contribution in [0.2, 0.25) is 0 Å². The average Bonchev–Trinajstić information content (AvgIpc) is 2.81. The molecule has 0 amide bonds. The molecule has 13 heavy (non-hydrogen) atoms. The first kappa shape index (κ1) is 8.78. The third-order valence-electron chi connectivity index (χ3n) is 2.13. The van der Waals surface area contributed by atoms with E-state index in [-0.39, 0.29) is 6.10 Å². The normalized spacial score (nSPS) is 25.7. The lowest BCUT2D eigenvalue weighted by Crippen LogP contribution is -2.13. The molecule has 2 nitrogen and oxygen atoms in total. The third kappa shape index (κ3) is 2.11. The van der Waals surface area contributed by atoms with Crippen molar-refractivity contribution in [2.45, 2.75) is 19.1 Å². The molecule has 0 N–H and O–H groups in total. The summed E-state index contributed by atoms with van der Waals surface area (Å²) in [5, 5.41) is 0.982. The fourth-order valence-electron chi connectivity index (χ4n) is 1.17. The van der Waals surface area contributed by atoms with Gasteiger partial charge in [0.25, 0.3) is 0 Å². The van der Waals surface area contributed by atoms with E-state index in [1.165, 1.54) is 0 Å². The molecule has 1 aliphatic heterocycles. The fraction of sp³-hybridized carbons (Fsp3) is 0.400. The van der Waals surface area contributed by atoms with Crippen LogP contribution in [0.1, 0.15) is 6.92 Å². The number of hydrogen-bond donors (Lipinski definition) is 0. The van der Waals surface area contributed by atoms with Gasteiger partial charge in [-0.2, -0.15) is 0 Å². The van der Waals surface area contributed by atoms with Gasteiger partial charge in [-0.3, -0.25) is 0 Å². The van der Waals surface area contributed by atoms with E-state index in [0.717, 1.165) is 10.9 Å². The summed E-state index contributed by atoms with van der Waals surface area (Å²) in [6.07, 6.45) is 0.646. The number of epoxide rings is 1. The molecule has 0 aliphatic carbocycles. The quantitative estimate of drug-likeness (QED) is 0.517. The van der Waals surface area contributed by atoms with Gasteiger partial charge < -0.3 is 9.47 Å². The zero-order valence-electron chi connectivity index (χ0n) is 7.49. The molecular weight excluding hydrogens is 180 g/mol. The lowest BCUT2D eigenvalue weighted by atomic mass is 10.3. The molecule has 0 spiro atoms. The van der Waals surface area contributed by atoms with Crippen LogP contribution >= 0.6 is 0 Å². The minimum atomic E-state index is 0.284. The molecule has 1 saturated heterocycles. The lowest BCUT2D eigenvalue weighted by Gasteiger charge is -2.06. The molecule has 1 heterocycles. The van der Waals surface area contributed by atoms with Crippen LogP contribution < -0.4 is 9.92 Å². The standard InChI is InChI=1S/C10H11O2Si/c1-7-9(12-7)6-11-8-4-2-3-5-10(8)13/h2-5,7,9H,6H2,1H3. The predicted octanol–water partition coefficient (Wildman–Crippen LogP) is 0.646. The molecule has 0 saturated carbocycles. The molecule has 2 rings (SSSR count). The second-order valence-electron chi connectivity index (χ2n) is 3.19. The van der Waals surface area contributed by atoms with Gasteiger partial charge in [0.15, 0.2) is 0 Å². The maximum Gasteiger partial charge on any atom is 0.118 e. The minimum absolute atomic E-state index is 0.284. The van der Waals surface area contributed by atoms with Gasteiger partial charge >= 0.3 is 0 Å². The zero-order chi connectivity index (χ0) is 9.26. The Morgan fingerprint density at radius 2 is 2.15 bits per heavy atom. The summed E-state index contributed by atoms with van der Waals surface area (Å²) in [5.74, 6) is 0.877. The Kier molecular flexibility index (Phi) is 2.37. The first-order valence-electron chi connectivity index (χ1n) is 4.36. The largest absolute Gasteiger partial charge is 0.491 e. The van der Waals surface area contributed by atoms with E-state index < -0.39 is 0 Å². The van der Waals surface area contributed by atoms with Gasteiger partial charge in [0.2, 0.25) is 0 Å². The molecule has 2 atom stereocenters. The smallest absolute Gasteiger partial charge is 0.118 e. The summed E-state index contributed by atoms with van der Waals surface area (Å²) in [4.78, 5) is 0. The molecule has 0 aromatic heterocycles. The second kappa shape index (κ2) is 3.52. The van der Waals surface area contributed by atoms with E-state index in [1.807, 2.05) is 31.2 Å². The molecule has 0 bridgehead atoms. The van der Waals surface area contributed by atoms with Crippen LogP contribution in [0.15, 0.2) is 24.3 Å². The predicted molar refractivity (Wildman–Crippen MR) is 51.7 cm³/mol. The van der Waals surface area contributed by atoms with E-state index in [1.54, 1.807) is 0 Å². The number of benzene rings is 1. The van der Waals surface area contributed by atoms with Crippen molar-refractivity contribution in [1.82, 2.24) is 0 Å². The second-order valence-corrected chi connectivity index (χ2v) is 3.73. The van der Waals surface area contributed by atoms with Crippen molar-refractivity contribution >= 4 is 15.4 Å². The minimum Gasteiger partial charge on any atom is -0.491 e. The van der Waals surface area contributed by atoms with Crippen molar-refractivity contribution in [3.8, 4) is 5.75 Å². The van der Waals surface area contributed by atoms with E-state index >= 15 is 0 Å². The Morgan fingerprint density at radius 1 is 1.46 bits per heavy atom. The van der Waals surface area contributed by atoms with E-state index in [0.29, 0.717) is 12.7 Å². The van der Waals surface area contributed by atoms with E-state index in [2.05, 4.69) is 10.2 Å². The van der Waals surface area contributed by atoms with Crippen molar-refractivity contribution < 1.29 is 9.47 Å². The summed E-state index contributed by atoms with van der Waals surface area (Å²) in [6.45, 7) is 2.69. The fourth-order valence-corrected chi connectivity index (χ4v) is 1.42. The van der Waals surface area contributed by atoms with Gasteiger partial charge in [-0.15, -0.1) is 0 Å². The molecule has 3 heteroatoms. The Bertz CT molecular complexity index is 301. The van der Waals surface area contributed by atoms with Gasteiger partial charge in [0.05, 0.1) is 16.3 Å². The van der Waals surface area contributed by atoms with E-state index in [9.17, 15) is 0 Å². The Hall–Kier alpha value is -0.803. The monoisotopic (exact) mass is 191 g/mol. The third-order valence-corrected chi connectivity index (χ3v) is 2.54. The van der Waals surface area contributed by atoms with Crippen LogP contribution in [0.3, 0.4) is 0 Å². The van der Waals surface area contributed by atoms with Gasteiger partial charge in [-0.1, -0.05) is 18.2 Å². The highest BCUT2D eigenvalue weighted by Crippen LogP contribution is 2.21. The topological polar surface area (TPSA) is 21.8 Å². The summed E-state index contributed by atoms with van der Waals surface area (Å²) in [6, 6.07) is 7.82. The highest BCUT2D eigenvalue weighted by atomic mass is 28.1. The first-order chi connectivity index (χ1) is 6.27. The summed E-state index contributed by atoms with van der Waals surface area (Å²) >= 11 is 0. The zero-order valence-corrected chi connectivity index (χ0v) is 8.49. The van der Waals surface area contributed by atoms with Gasteiger partial charge in [0.1, 0.15) is 18.5 Å². The van der Waals surface area contributed by atoms with Crippen LogP contribution in [0, 0.1) is 0 Å². The maximum atomic E-state index is 5.56. The van der Waals surface area contributed by atoms with Crippen LogP contribution in [0.5, 0.6) is 5.75 Å². The van der Waals surface area contributed by atoms with Crippen LogP contribution in [0.4, 0.5) is 0 Å². The average molecular weight is 191 g/mol. The molecule has 3 radical (unpaired) electrons. The Balaban J connectivity index is 1.90. The highest BCUT2D eigenvalue weighted by molar-refractivity contribution is 6.34. The molecule has 67 valence electrons. The molecule has 1 aromatic carbocycles. The highest BCUT2D eigenvalue weighted by Gasteiger charge is 2.34. The summed E-state index contributed by atoms with van der Waals surface area (Å²) in [7, 11) is 3.47. The molecular formula is C10H11O2Si. The number of rotatable bonds is 3. The van der Waals surface area contributed by atoms with Crippen LogP contribution in [-0.2, 0) is 4.74 Å². The van der Waals surface area contributed by atoms with Crippen molar-refractivity contribution in [2.24, 2.45) is 0 Å². The number of hydrogen-bond acceptors (Lipinski definition) is 2. The Morgan fingerprint density at radius 3 is 2.77 bits per heavy atom. The maximum absolute atomic E-state index is 5.56. The summed E-state index contributed by atoms with van der Waals surface area (Å²) < 4.78 is 10.8. The van der Waals surface area contributed by atoms with Gasteiger partial charge in [-0.05, 0) is 18.2 Å². The van der Waals surface area contributed by atoms with Crippen molar-refractivity contribution in [3.63, 3.8) is 0 Å². The van der Waals surface area contributed by atoms with E-state index in [4.69, 9.17) is 9.47 Å². The number of ether oxygens (including phenoxy) is 2. The van der Waals surface area contributed by atoms with Crippen LogP contribution in [-0.4, -0.2) is 29.1 Å². The van der Waals surface area contributed by atoms with Crippen molar-refractivity contribution in [3.05, 3.63) is 24.3 Å². The SMILES string of the molecule is CC1OC1COc1ccccc1[Si]. The molecule has 1 aromatic rings.